The Labute approximate surface area is 397 Å². The highest BCUT2D eigenvalue weighted by Gasteiger charge is 2.47. The van der Waals surface area contributed by atoms with E-state index in [2.05, 4.69) is 38.2 Å². The zero-order valence-corrected chi connectivity index (χ0v) is 41.9. The van der Waals surface area contributed by atoms with E-state index >= 15 is 0 Å². The van der Waals surface area contributed by atoms with Gasteiger partial charge >= 0.3 is 5.97 Å². The Bertz CT molecular complexity index is 1150. The van der Waals surface area contributed by atoms with Crippen LogP contribution in [0.5, 0.6) is 0 Å². The van der Waals surface area contributed by atoms with Gasteiger partial charge in [0, 0.05) is 6.42 Å². The van der Waals surface area contributed by atoms with Gasteiger partial charge in [0.2, 0.25) is 5.91 Å². The molecule has 1 amide bonds. The van der Waals surface area contributed by atoms with E-state index in [1.165, 1.54) is 128 Å². The molecule has 1 heterocycles. The SMILES string of the molecule is CCCC/C=C\CCCCCCC(O)C(=O)NC(COC1OC(CO)C(O)C(O)C1OC(=O)CCCCCCCCCCCCCCCCC)C(O)/C=C/CCCCCCCCCCC. The topological polar surface area (TPSA) is 175 Å². The Balaban J connectivity index is 2.74. The van der Waals surface area contributed by atoms with Crippen LogP contribution in [0, 0.1) is 0 Å². The molecule has 1 saturated heterocycles. The predicted molar refractivity (Wildman–Crippen MR) is 264 cm³/mol. The van der Waals surface area contributed by atoms with Gasteiger partial charge < -0.3 is 45.1 Å². The van der Waals surface area contributed by atoms with E-state index in [1.807, 2.05) is 6.08 Å². The molecular weight excluding hydrogens is 823 g/mol. The second-order valence-corrected chi connectivity index (χ2v) is 19.0. The Morgan fingerprint density at radius 1 is 0.585 bits per heavy atom. The summed E-state index contributed by atoms with van der Waals surface area (Å²) in [7, 11) is 0. The number of nitrogens with one attached hydrogen (secondary N) is 1. The Morgan fingerprint density at radius 3 is 1.54 bits per heavy atom. The van der Waals surface area contributed by atoms with E-state index in [1.54, 1.807) is 6.08 Å². The van der Waals surface area contributed by atoms with Crippen molar-refractivity contribution in [3.8, 4) is 0 Å². The van der Waals surface area contributed by atoms with Gasteiger partial charge in [-0.3, -0.25) is 9.59 Å². The molecule has 0 aliphatic carbocycles. The number of ether oxygens (including phenoxy) is 3. The number of amides is 1. The highest BCUT2D eigenvalue weighted by atomic mass is 16.7. The van der Waals surface area contributed by atoms with Crippen LogP contribution in [0.2, 0.25) is 0 Å². The maximum absolute atomic E-state index is 13.3. The molecule has 1 rings (SSSR count). The van der Waals surface area contributed by atoms with Crippen molar-refractivity contribution in [1.29, 1.82) is 0 Å². The monoisotopic (exact) mass is 924 g/mol. The van der Waals surface area contributed by atoms with Crippen molar-refractivity contribution in [2.45, 2.75) is 294 Å². The molecule has 6 N–H and O–H groups in total. The van der Waals surface area contributed by atoms with Gasteiger partial charge in [-0.2, -0.15) is 0 Å². The fourth-order valence-corrected chi connectivity index (χ4v) is 8.46. The first-order valence-corrected chi connectivity index (χ1v) is 27.1. The number of hydrogen-bond donors (Lipinski definition) is 6. The quantitative estimate of drug-likeness (QED) is 0.0196. The molecule has 0 aromatic carbocycles. The lowest BCUT2D eigenvalue weighted by Crippen LogP contribution is -2.61. The third-order valence-electron chi connectivity index (χ3n) is 12.9. The van der Waals surface area contributed by atoms with Crippen LogP contribution in [0.3, 0.4) is 0 Å². The molecule has 0 bridgehead atoms. The summed E-state index contributed by atoms with van der Waals surface area (Å²) < 4.78 is 17.5. The molecule has 8 unspecified atom stereocenters. The van der Waals surface area contributed by atoms with Crippen molar-refractivity contribution in [2.24, 2.45) is 0 Å². The summed E-state index contributed by atoms with van der Waals surface area (Å²) in [6.45, 7) is 5.71. The number of rotatable bonds is 45. The number of aliphatic hydroxyl groups is 5. The Hall–Kier alpha value is -1.86. The highest BCUT2D eigenvalue weighted by molar-refractivity contribution is 5.80. The number of esters is 1. The van der Waals surface area contributed by atoms with Crippen LogP contribution in [0.25, 0.3) is 0 Å². The second-order valence-electron chi connectivity index (χ2n) is 19.0. The van der Waals surface area contributed by atoms with E-state index in [0.717, 1.165) is 70.6 Å². The molecule has 0 saturated carbocycles. The number of aliphatic hydroxyl groups excluding tert-OH is 5. The summed E-state index contributed by atoms with van der Waals surface area (Å²) in [5.74, 6) is -1.20. The summed E-state index contributed by atoms with van der Waals surface area (Å²) >= 11 is 0. The van der Waals surface area contributed by atoms with Gasteiger partial charge in [0.05, 0.1) is 25.4 Å². The highest BCUT2D eigenvalue weighted by Crippen LogP contribution is 2.26. The molecule has 1 aliphatic rings. The first-order chi connectivity index (χ1) is 31.7. The van der Waals surface area contributed by atoms with Gasteiger partial charge in [-0.15, -0.1) is 0 Å². The minimum absolute atomic E-state index is 0.128. The molecule has 0 radical (unpaired) electrons. The molecule has 1 fully saturated rings. The van der Waals surface area contributed by atoms with Crippen molar-refractivity contribution < 1.29 is 49.3 Å². The number of allylic oxidation sites excluding steroid dienone is 3. The lowest BCUT2D eigenvalue weighted by molar-refractivity contribution is -0.305. The maximum Gasteiger partial charge on any atom is 0.306 e. The normalized spacial score (nSPS) is 20.4. The first kappa shape index (κ1) is 61.2. The molecular formula is C54H101NO10. The molecule has 11 heteroatoms. The van der Waals surface area contributed by atoms with Crippen LogP contribution in [0.1, 0.15) is 245 Å². The number of carbonyl (C=O) groups excluding carboxylic acids is 2. The second kappa shape index (κ2) is 43.4. The third kappa shape index (κ3) is 32.5. The van der Waals surface area contributed by atoms with Crippen LogP contribution in [-0.2, 0) is 23.8 Å². The van der Waals surface area contributed by atoms with E-state index in [9.17, 15) is 35.1 Å². The standard InChI is InChI=1S/C54H101NO10/c1-4-7-10-13-16-19-22-23-24-25-27-30-33-36-39-42-49(59)65-52-51(61)50(60)48(43-56)64-54(52)63-44-45(46(57)40-37-34-31-29-26-20-17-14-11-8-5-2)55-53(62)47(58)41-38-35-32-28-21-18-15-12-9-6-3/h15,18,37,40,45-48,50-52,54,56-58,60-61H,4-14,16-17,19-36,38-39,41-44H2,1-3H3,(H,55,62)/b18-15-,40-37+. The zero-order chi connectivity index (χ0) is 47.6. The van der Waals surface area contributed by atoms with Crippen LogP contribution in [0.4, 0.5) is 0 Å². The summed E-state index contributed by atoms with van der Waals surface area (Å²) in [6, 6.07) is -1.02. The van der Waals surface area contributed by atoms with Crippen LogP contribution < -0.4 is 5.32 Å². The number of unbranched alkanes of at least 4 members (excludes halogenated alkanes) is 29. The predicted octanol–water partition coefficient (Wildman–Crippen LogP) is 11.4. The van der Waals surface area contributed by atoms with Crippen molar-refractivity contribution in [1.82, 2.24) is 5.32 Å². The fourth-order valence-electron chi connectivity index (χ4n) is 8.46. The van der Waals surface area contributed by atoms with Crippen LogP contribution in [-0.4, -0.2) is 99.6 Å². The van der Waals surface area contributed by atoms with Gasteiger partial charge in [0.25, 0.3) is 0 Å². The van der Waals surface area contributed by atoms with Gasteiger partial charge in [-0.25, -0.2) is 0 Å². The Morgan fingerprint density at radius 2 is 1.03 bits per heavy atom. The van der Waals surface area contributed by atoms with Crippen LogP contribution in [0.15, 0.2) is 24.3 Å². The van der Waals surface area contributed by atoms with Crippen molar-refractivity contribution in [2.75, 3.05) is 13.2 Å². The van der Waals surface area contributed by atoms with Gasteiger partial charge in [-0.1, -0.05) is 218 Å². The van der Waals surface area contributed by atoms with Crippen molar-refractivity contribution in [3.63, 3.8) is 0 Å². The summed E-state index contributed by atoms with van der Waals surface area (Å²) in [6.07, 6.45) is 36.6. The van der Waals surface area contributed by atoms with E-state index < -0.39 is 67.4 Å². The molecule has 0 spiro atoms. The molecule has 1 aliphatic heterocycles. The number of carbonyl (C=O) groups is 2. The Kier molecular flexibility index (Phi) is 40.9. The maximum atomic E-state index is 13.3. The lowest BCUT2D eigenvalue weighted by Gasteiger charge is -2.41. The smallest absolute Gasteiger partial charge is 0.306 e. The third-order valence-corrected chi connectivity index (χ3v) is 12.9. The van der Waals surface area contributed by atoms with E-state index in [0.29, 0.717) is 12.8 Å². The lowest BCUT2D eigenvalue weighted by atomic mass is 9.99. The van der Waals surface area contributed by atoms with Crippen molar-refractivity contribution >= 4 is 11.9 Å². The fraction of sp³-hybridized carbons (Fsp3) is 0.889. The van der Waals surface area contributed by atoms with Gasteiger partial charge in [-0.05, 0) is 44.9 Å². The molecule has 382 valence electrons. The summed E-state index contributed by atoms with van der Waals surface area (Å²) in [5.41, 5.74) is 0. The van der Waals surface area contributed by atoms with Crippen LogP contribution >= 0.6 is 0 Å². The molecule has 0 aromatic rings. The summed E-state index contributed by atoms with van der Waals surface area (Å²) in [5, 5.41) is 56.5. The van der Waals surface area contributed by atoms with E-state index in [-0.39, 0.29) is 19.4 Å². The summed E-state index contributed by atoms with van der Waals surface area (Å²) in [4.78, 5) is 26.3. The first-order valence-electron chi connectivity index (χ1n) is 27.1. The van der Waals surface area contributed by atoms with Crippen molar-refractivity contribution in [3.05, 3.63) is 24.3 Å². The average Bonchev–Trinajstić information content (AvgIpc) is 3.30. The minimum Gasteiger partial charge on any atom is -0.454 e. The molecule has 8 atom stereocenters. The molecule has 11 nitrogen and oxygen atoms in total. The largest absolute Gasteiger partial charge is 0.454 e. The molecule has 0 aromatic heterocycles. The van der Waals surface area contributed by atoms with Gasteiger partial charge in [0.15, 0.2) is 12.4 Å². The number of hydrogen-bond acceptors (Lipinski definition) is 10. The molecule has 65 heavy (non-hydrogen) atoms. The van der Waals surface area contributed by atoms with E-state index in [4.69, 9.17) is 14.2 Å². The zero-order valence-electron chi connectivity index (χ0n) is 41.9. The van der Waals surface area contributed by atoms with Gasteiger partial charge in [0.1, 0.15) is 24.4 Å². The average molecular weight is 924 g/mol. The minimum atomic E-state index is -1.61.